The molecule has 0 aromatic carbocycles. The van der Waals surface area contributed by atoms with Crippen molar-refractivity contribution < 1.29 is 14.8 Å². The van der Waals surface area contributed by atoms with Crippen LogP contribution < -0.4 is 5.32 Å². The first kappa shape index (κ1) is 12.4. The number of carbonyl (C=O) groups is 1. The molecule has 1 aromatic rings. The van der Waals surface area contributed by atoms with Crippen molar-refractivity contribution in [3.05, 3.63) is 27.9 Å². The van der Waals surface area contributed by atoms with Gasteiger partial charge in [-0.25, -0.2) is 9.78 Å². The smallest absolute Gasteiger partial charge is 0.342 e. The molecule has 0 saturated carbocycles. The van der Waals surface area contributed by atoms with Crippen molar-refractivity contribution in [3.63, 3.8) is 0 Å². The molecule has 1 rings (SSSR count). The lowest BCUT2D eigenvalue weighted by molar-refractivity contribution is -0.385. The number of carboxylic acid groups (broad SMARTS) is 1. The predicted octanol–water partition coefficient (Wildman–Crippen LogP) is 1.12. The summed E-state index contributed by atoms with van der Waals surface area (Å²) in [7, 11) is 0. The first-order valence-corrected chi connectivity index (χ1v) is 4.57. The summed E-state index contributed by atoms with van der Waals surface area (Å²) in [6.07, 6.45) is 0.908. The maximum absolute atomic E-state index is 10.8. The number of nitrogens with zero attached hydrogens (tertiary/aromatic N) is 2. The molecule has 88 valence electrons. The van der Waals surface area contributed by atoms with Gasteiger partial charge in [0.25, 0.3) is 0 Å². The van der Waals surface area contributed by atoms with Crippen LogP contribution >= 0.6 is 0 Å². The van der Waals surface area contributed by atoms with Crippen molar-refractivity contribution in [3.8, 4) is 11.8 Å². The molecule has 0 aliphatic carbocycles. The van der Waals surface area contributed by atoms with Crippen molar-refractivity contribution >= 4 is 17.5 Å². The highest BCUT2D eigenvalue weighted by Gasteiger charge is 2.20. The monoisotopic (exact) mass is 235 g/mol. The topological polar surface area (TPSA) is 105 Å². The van der Waals surface area contributed by atoms with Gasteiger partial charge in [-0.3, -0.25) is 10.1 Å². The Labute approximate surface area is 96.6 Å². The molecule has 7 nitrogen and oxygen atoms in total. The lowest BCUT2D eigenvalue weighted by Gasteiger charge is -2.03. The number of pyridine rings is 1. The Morgan fingerprint density at radius 3 is 2.94 bits per heavy atom. The first-order valence-electron chi connectivity index (χ1n) is 4.57. The van der Waals surface area contributed by atoms with Crippen molar-refractivity contribution in [1.82, 2.24) is 4.98 Å². The van der Waals surface area contributed by atoms with E-state index >= 15 is 0 Å². The number of carboxylic acids is 1. The molecular weight excluding hydrogens is 226 g/mol. The molecule has 7 heteroatoms. The Balaban J connectivity index is 3.04. The number of nitro groups is 1. The van der Waals surface area contributed by atoms with Gasteiger partial charge in [-0.2, -0.15) is 0 Å². The van der Waals surface area contributed by atoms with Crippen molar-refractivity contribution in [2.45, 2.75) is 6.92 Å². The normalized spacial score (nSPS) is 9.00. The molecule has 0 amide bonds. The quantitative estimate of drug-likeness (QED) is 0.460. The molecule has 0 spiro atoms. The van der Waals surface area contributed by atoms with Crippen LogP contribution in [0, 0.1) is 22.0 Å². The Hall–Kier alpha value is -2.62. The van der Waals surface area contributed by atoms with Gasteiger partial charge in [0.2, 0.25) is 0 Å². The number of hydrogen-bond acceptors (Lipinski definition) is 5. The summed E-state index contributed by atoms with van der Waals surface area (Å²) in [5, 5.41) is 22.1. The number of rotatable bonds is 4. The van der Waals surface area contributed by atoms with Crippen LogP contribution in [0.2, 0.25) is 0 Å². The van der Waals surface area contributed by atoms with Gasteiger partial charge >= 0.3 is 11.7 Å². The zero-order valence-electron chi connectivity index (χ0n) is 8.93. The average molecular weight is 235 g/mol. The van der Waals surface area contributed by atoms with E-state index in [-0.39, 0.29) is 5.82 Å². The molecular formula is C10H9N3O4. The first-order chi connectivity index (χ1) is 8.06. The van der Waals surface area contributed by atoms with E-state index in [2.05, 4.69) is 22.1 Å². The Kier molecular flexibility index (Phi) is 4.00. The highest BCUT2D eigenvalue weighted by molar-refractivity contribution is 5.93. The largest absolute Gasteiger partial charge is 0.477 e. The van der Waals surface area contributed by atoms with E-state index in [4.69, 9.17) is 5.11 Å². The summed E-state index contributed by atoms with van der Waals surface area (Å²) in [5.41, 5.74) is -0.943. The number of hydrogen-bond donors (Lipinski definition) is 2. The van der Waals surface area contributed by atoms with Gasteiger partial charge in [0, 0.05) is 6.07 Å². The molecule has 0 aliphatic rings. The predicted molar refractivity (Wildman–Crippen MR) is 59.8 cm³/mol. The third kappa shape index (κ3) is 3.17. The Morgan fingerprint density at radius 1 is 1.71 bits per heavy atom. The van der Waals surface area contributed by atoms with Gasteiger partial charge in [-0.1, -0.05) is 5.92 Å². The van der Waals surface area contributed by atoms with Crippen LogP contribution in [-0.2, 0) is 0 Å². The summed E-state index contributed by atoms with van der Waals surface area (Å²) in [4.78, 5) is 24.3. The van der Waals surface area contributed by atoms with Crippen molar-refractivity contribution in [2.75, 3.05) is 11.9 Å². The molecule has 0 radical (unpaired) electrons. The fourth-order valence-corrected chi connectivity index (χ4v) is 1.08. The highest BCUT2D eigenvalue weighted by atomic mass is 16.6. The number of nitrogens with one attached hydrogen (secondary N) is 1. The van der Waals surface area contributed by atoms with Crippen molar-refractivity contribution in [1.29, 1.82) is 0 Å². The highest BCUT2D eigenvalue weighted by Crippen LogP contribution is 2.19. The molecule has 2 N–H and O–H groups in total. The lowest BCUT2D eigenvalue weighted by Crippen LogP contribution is -2.07. The van der Waals surface area contributed by atoms with Crippen molar-refractivity contribution in [2.24, 2.45) is 0 Å². The minimum Gasteiger partial charge on any atom is -0.477 e. The number of aromatic carboxylic acids is 1. The van der Waals surface area contributed by atoms with E-state index in [0.717, 1.165) is 12.3 Å². The molecule has 0 unspecified atom stereocenters. The van der Waals surface area contributed by atoms with E-state index in [1.807, 2.05) is 0 Å². The molecule has 0 atom stereocenters. The standard InChI is InChI=1S/C10H9N3O4/c1-2-3-4-11-9-5-7(10(14)15)8(6-12-9)13(16)17/h5-6H,4H2,1H3,(H,11,12)(H,14,15). The van der Waals surface area contributed by atoms with Gasteiger partial charge < -0.3 is 10.4 Å². The molecule has 0 fully saturated rings. The Morgan fingerprint density at radius 2 is 2.41 bits per heavy atom. The lowest BCUT2D eigenvalue weighted by atomic mass is 10.2. The zero-order valence-corrected chi connectivity index (χ0v) is 8.93. The van der Waals surface area contributed by atoms with Gasteiger partial charge in [0.15, 0.2) is 0 Å². The molecule has 0 bridgehead atoms. The second kappa shape index (κ2) is 5.46. The molecule has 0 aliphatic heterocycles. The molecule has 17 heavy (non-hydrogen) atoms. The third-order valence-corrected chi connectivity index (χ3v) is 1.84. The van der Waals surface area contributed by atoms with Crippen LogP contribution in [0.5, 0.6) is 0 Å². The SMILES string of the molecule is CC#CCNc1cc(C(=O)O)c([N+](=O)[O-])cn1. The van der Waals surface area contributed by atoms with Gasteiger partial charge in [-0.15, -0.1) is 5.92 Å². The molecule has 1 aromatic heterocycles. The number of anilines is 1. The van der Waals surface area contributed by atoms with Crippen LogP contribution in [0.3, 0.4) is 0 Å². The summed E-state index contributed by atoms with van der Waals surface area (Å²) in [6, 6.07) is 1.11. The van der Waals surface area contributed by atoms with Gasteiger partial charge in [-0.05, 0) is 6.92 Å². The van der Waals surface area contributed by atoms with E-state index in [1.165, 1.54) is 0 Å². The maximum atomic E-state index is 10.8. The van der Waals surface area contributed by atoms with Crippen LogP contribution in [-0.4, -0.2) is 27.5 Å². The fourth-order valence-electron chi connectivity index (χ4n) is 1.08. The number of aromatic nitrogens is 1. The molecule has 0 saturated heterocycles. The zero-order chi connectivity index (χ0) is 12.8. The van der Waals surface area contributed by atoms with Crippen LogP contribution in [0.15, 0.2) is 12.3 Å². The van der Waals surface area contributed by atoms with Gasteiger partial charge in [0.05, 0.1) is 11.5 Å². The third-order valence-electron chi connectivity index (χ3n) is 1.84. The van der Waals surface area contributed by atoms with Crippen LogP contribution in [0.1, 0.15) is 17.3 Å². The summed E-state index contributed by atoms with van der Waals surface area (Å²) < 4.78 is 0. The van der Waals surface area contributed by atoms with E-state index < -0.39 is 22.1 Å². The van der Waals surface area contributed by atoms with Crippen LogP contribution in [0.25, 0.3) is 0 Å². The molecule has 1 heterocycles. The van der Waals surface area contributed by atoms with Crippen LogP contribution in [0.4, 0.5) is 11.5 Å². The minimum atomic E-state index is -1.37. The summed E-state index contributed by atoms with van der Waals surface area (Å²) in [5.74, 6) is 4.20. The average Bonchev–Trinajstić information content (AvgIpc) is 2.29. The second-order valence-electron chi connectivity index (χ2n) is 2.93. The maximum Gasteiger partial charge on any atom is 0.342 e. The minimum absolute atomic E-state index is 0.232. The fraction of sp³-hybridized carbons (Fsp3) is 0.200. The van der Waals surface area contributed by atoms with E-state index in [1.54, 1.807) is 6.92 Å². The summed E-state index contributed by atoms with van der Waals surface area (Å²) >= 11 is 0. The van der Waals surface area contributed by atoms with E-state index in [0.29, 0.717) is 6.54 Å². The van der Waals surface area contributed by atoms with E-state index in [9.17, 15) is 14.9 Å². The Bertz CT molecular complexity index is 516. The van der Waals surface area contributed by atoms with Gasteiger partial charge in [0.1, 0.15) is 17.6 Å². The second-order valence-corrected chi connectivity index (χ2v) is 2.93. The summed E-state index contributed by atoms with van der Waals surface area (Å²) in [6.45, 7) is 1.95.